The maximum Gasteiger partial charge on any atom is 0.257 e. The number of fused-ring (bicyclic) bond motifs is 1. The van der Waals surface area contributed by atoms with Gasteiger partial charge in [-0.1, -0.05) is 11.6 Å². The van der Waals surface area contributed by atoms with E-state index in [0.29, 0.717) is 27.8 Å². The molecule has 0 radical (unpaired) electrons. The first-order valence-electron chi connectivity index (χ1n) is 6.92. The van der Waals surface area contributed by atoms with Gasteiger partial charge in [-0.2, -0.15) is 0 Å². The summed E-state index contributed by atoms with van der Waals surface area (Å²) in [7, 11) is 3.12. The Morgan fingerprint density at radius 1 is 1.13 bits per heavy atom. The van der Waals surface area contributed by atoms with Crippen molar-refractivity contribution in [3.8, 4) is 11.5 Å². The second kappa shape index (κ2) is 6.22. The van der Waals surface area contributed by atoms with Crippen LogP contribution >= 0.6 is 11.6 Å². The van der Waals surface area contributed by atoms with E-state index >= 15 is 0 Å². The van der Waals surface area contributed by atoms with Gasteiger partial charge in [0.15, 0.2) is 0 Å². The smallest absolute Gasteiger partial charge is 0.257 e. The summed E-state index contributed by atoms with van der Waals surface area (Å²) in [6.07, 6.45) is 1.66. The van der Waals surface area contributed by atoms with Gasteiger partial charge in [0.1, 0.15) is 11.5 Å². The fraction of sp³-hybridized carbons (Fsp3) is 0.118. The quantitative estimate of drug-likeness (QED) is 0.757. The Morgan fingerprint density at radius 2 is 1.96 bits per heavy atom. The molecular weight excluding hydrogens is 316 g/mol. The number of aromatic nitrogens is 1. The first-order chi connectivity index (χ1) is 11.1. The zero-order valence-corrected chi connectivity index (χ0v) is 13.4. The van der Waals surface area contributed by atoms with Gasteiger partial charge in [-0.15, -0.1) is 0 Å². The third-order valence-electron chi connectivity index (χ3n) is 3.54. The van der Waals surface area contributed by atoms with Gasteiger partial charge in [-0.05, 0) is 36.4 Å². The van der Waals surface area contributed by atoms with Crippen LogP contribution in [0.3, 0.4) is 0 Å². The van der Waals surface area contributed by atoms with Crippen LogP contribution in [-0.4, -0.2) is 25.1 Å². The van der Waals surface area contributed by atoms with E-state index in [1.165, 1.54) is 7.11 Å². The normalized spacial score (nSPS) is 10.6. The van der Waals surface area contributed by atoms with Crippen molar-refractivity contribution in [3.05, 3.63) is 53.2 Å². The highest BCUT2D eigenvalue weighted by atomic mass is 35.5. The van der Waals surface area contributed by atoms with Gasteiger partial charge in [0.05, 0.1) is 25.5 Å². The van der Waals surface area contributed by atoms with Gasteiger partial charge >= 0.3 is 0 Å². The number of aromatic amines is 1. The fourth-order valence-electron chi connectivity index (χ4n) is 2.38. The van der Waals surface area contributed by atoms with Crippen LogP contribution < -0.4 is 14.8 Å². The summed E-state index contributed by atoms with van der Waals surface area (Å²) in [6, 6.07) is 10.6. The third kappa shape index (κ3) is 2.96. The van der Waals surface area contributed by atoms with Crippen LogP contribution in [0.4, 0.5) is 5.69 Å². The number of hydrogen-bond donors (Lipinski definition) is 2. The van der Waals surface area contributed by atoms with Crippen LogP contribution in [-0.2, 0) is 0 Å². The van der Waals surface area contributed by atoms with Crippen molar-refractivity contribution >= 4 is 34.1 Å². The summed E-state index contributed by atoms with van der Waals surface area (Å²) in [6.45, 7) is 0. The number of hydrogen-bond acceptors (Lipinski definition) is 3. The molecular formula is C17H15ClN2O3. The van der Waals surface area contributed by atoms with E-state index in [4.69, 9.17) is 21.1 Å². The molecule has 1 aromatic heterocycles. The second-order valence-corrected chi connectivity index (χ2v) is 5.35. The molecule has 0 fully saturated rings. The van der Waals surface area contributed by atoms with E-state index in [-0.39, 0.29) is 5.91 Å². The molecule has 3 aromatic rings. The van der Waals surface area contributed by atoms with Gasteiger partial charge in [0.2, 0.25) is 0 Å². The largest absolute Gasteiger partial charge is 0.497 e. The first-order valence-corrected chi connectivity index (χ1v) is 7.30. The number of ether oxygens (including phenoxy) is 2. The number of amides is 1. The lowest BCUT2D eigenvalue weighted by atomic mass is 10.1. The summed E-state index contributed by atoms with van der Waals surface area (Å²) >= 11 is 5.99. The van der Waals surface area contributed by atoms with Gasteiger partial charge < -0.3 is 19.8 Å². The highest BCUT2D eigenvalue weighted by Gasteiger charge is 2.15. The summed E-state index contributed by atoms with van der Waals surface area (Å²) in [4.78, 5) is 15.7. The summed E-state index contributed by atoms with van der Waals surface area (Å²) in [5, 5.41) is 4.12. The minimum atomic E-state index is -0.259. The topological polar surface area (TPSA) is 63.4 Å². The average Bonchev–Trinajstić information content (AvgIpc) is 2.98. The molecule has 5 nitrogen and oxygen atoms in total. The van der Waals surface area contributed by atoms with Crippen molar-refractivity contribution in [3.63, 3.8) is 0 Å². The number of methoxy groups -OCH3 is 2. The minimum absolute atomic E-state index is 0.259. The molecule has 118 valence electrons. The number of nitrogens with one attached hydrogen (secondary N) is 2. The number of rotatable bonds is 4. The molecule has 2 aromatic carbocycles. The monoisotopic (exact) mass is 330 g/mol. The molecule has 0 bridgehead atoms. The molecule has 0 unspecified atom stereocenters. The first kappa shape index (κ1) is 15.2. The Labute approximate surface area is 138 Å². The number of carbonyl (C=O) groups is 1. The second-order valence-electron chi connectivity index (χ2n) is 4.91. The van der Waals surface area contributed by atoms with E-state index < -0.39 is 0 Å². The molecule has 0 aliphatic heterocycles. The van der Waals surface area contributed by atoms with Gasteiger partial charge in [0.25, 0.3) is 5.91 Å². The van der Waals surface area contributed by atoms with Crippen LogP contribution in [0.5, 0.6) is 11.5 Å². The molecule has 0 aliphatic carbocycles. The van der Waals surface area contributed by atoms with Crippen molar-refractivity contribution in [2.75, 3.05) is 19.5 Å². The predicted octanol–water partition coefficient (Wildman–Crippen LogP) is 4.09. The third-order valence-corrected chi connectivity index (χ3v) is 3.78. The lowest BCUT2D eigenvalue weighted by Gasteiger charge is -2.10. The SMILES string of the molecule is COc1ccc2[nH]cc(C(=O)Nc3cc(Cl)ccc3OC)c2c1. The molecule has 3 rings (SSSR count). The van der Waals surface area contributed by atoms with Gasteiger partial charge in [-0.3, -0.25) is 4.79 Å². The number of benzene rings is 2. The molecule has 23 heavy (non-hydrogen) atoms. The Hall–Kier alpha value is -2.66. The molecule has 1 amide bonds. The number of anilines is 1. The van der Waals surface area contributed by atoms with E-state index in [1.807, 2.05) is 18.2 Å². The molecule has 6 heteroatoms. The van der Waals surface area contributed by atoms with Crippen molar-refractivity contribution in [1.29, 1.82) is 0 Å². The molecule has 2 N–H and O–H groups in total. The highest BCUT2D eigenvalue weighted by molar-refractivity contribution is 6.31. The maximum absolute atomic E-state index is 12.6. The number of H-pyrrole nitrogens is 1. The average molecular weight is 331 g/mol. The lowest BCUT2D eigenvalue weighted by molar-refractivity contribution is 0.102. The Bertz CT molecular complexity index is 873. The maximum atomic E-state index is 12.6. The predicted molar refractivity (Wildman–Crippen MR) is 90.8 cm³/mol. The Balaban J connectivity index is 1.96. The van der Waals surface area contributed by atoms with E-state index in [2.05, 4.69) is 10.3 Å². The Kier molecular flexibility index (Phi) is 4.12. The van der Waals surface area contributed by atoms with E-state index in [9.17, 15) is 4.79 Å². The molecule has 0 saturated heterocycles. The number of carbonyl (C=O) groups excluding carboxylic acids is 1. The van der Waals surface area contributed by atoms with Crippen LogP contribution in [0.15, 0.2) is 42.6 Å². The summed E-state index contributed by atoms with van der Waals surface area (Å²) in [5.74, 6) is 0.969. The van der Waals surface area contributed by atoms with Crippen LogP contribution in [0, 0.1) is 0 Å². The van der Waals surface area contributed by atoms with Crippen LogP contribution in [0.2, 0.25) is 5.02 Å². The highest BCUT2D eigenvalue weighted by Crippen LogP contribution is 2.29. The Morgan fingerprint density at radius 3 is 2.70 bits per heavy atom. The van der Waals surface area contributed by atoms with Crippen LogP contribution in [0.25, 0.3) is 10.9 Å². The molecule has 0 saturated carbocycles. The standard InChI is InChI=1S/C17H15ClN2O3/c1-22-11-4-5-14-12(8-11)13(9-19-14)17(21)20-15-7-10(18)3-6-16(15)23-2/h3-9,19H,1-2H3,(H,20,21). The summed E-state index contributed by atoms with van der Waals surface area (Å²) in [5.41, 5.74) is 1.89. The molecule has 0 atom stereocenters. The van der Waals surface area contributed by atoms with Crippen molar-refractivity contribution < 1.29 is 14.3 Å². The van der Waals surface area contributed by atoms with Crippen molar-refractivity contribution in [2.24, 2.45) is 0 Å². The van der Waals surface area contributed by atoms with Crippen molar-refractivity contribution in [2.45, 2.75) is 0 Å². The van der Waals surface area contributed by atoms with Gasteiger partial charge in [-0.25, -0.2) is 0 Å². The molecule has 1 heterocycles. The van der Waals surface area contributed by atoms with Crippen LogP contribution in [0.1, 0.15) is 10.4 Å². The molecule has 0 aliphatic rings. The van der Waals surface area contributed by atoms with Gasteiger partial charge in [0, 0.05) is 22.1 Å². The minimum Gasteiger partial charge on any atom is -0.497 e. The van der Waals surface area contributed by atoms with E-state index in [0.717, 1.165) is 10.9 Å². The zero-order valence-electron chi connectivity index (χ0n) is 12.6. The number of halogens is 1. The summed E-state index contributed by atoms with van der Waals surface area (Å²) < 4.78 is 10.5. The fourth-order valence-corrected chi connectivity index (χ4v) is 2.55. The van der Waals surface area contributed by atoms with Crippen molar-refractivity contribution in [1.82, 2.24) is 4.98 Å². The lowest BCUT2D eigenvalue weighted by Crippen LogP contribution is -2.12. The molecule has 0 spiro atoms. The zero-order chi connectivity index (χ0) is 16.4. The van der Waals surface area contributed by atoms with E-state index in [1.54, 1.807) is 31.5 Å².